The SMILES string of the molecule is CCN(C=O)C1(C(=O)O)C2CC3CC(C2)CC1C3. The summed E-state index contributed by atoms with van der Waals surface area (Å²) >= 11 is 0. The molecule has 0 atom stereocenters. The molecular weight excluding hydrogens is 230 g/mol. The minimum Gasteiger partial charge on any atom is -0.479 e. The molecule has 4 saturated carbocycles. The van der Waals surface area contributed by atoms with Gasteiger partial charge in [-0.05, 0) is 62.7 Å². The molecule has 4 rings (SSSR count). The predicted octanol–water partition coefficient (Wildman–Crippen LogP) is 1.74. The molecule has 0 radical (unpaired) electrons. The molecule has 0 aromatic heterocycles. The highest BCUT2D eigenvalue weighted by Crippen LogP contribution is 2.60. The summed E-state index contributed by atoms with van der Waals surface area (Å²) in [5.74, 6) is 1.01. The van der Waals surface area contributed by atoms with E-state index >= 15 is 0 Å². The normalized spacial score (nSPS) is 44.9. The quantitative estimate of drug-likeness (QED) is 0.774. The third kappa shape index (κ3) is 1.32. The van der Waals surface area contributed by atoms with Gasteiger partial charge in [-0.2, -0.15) is 0 Å². The number of carboxylic acid groups (broad SMARTS) is 1. The van der Waals surface area contributed by atoms with Gasteiger partial charge in [0, 0.05) is 6.54 Å². The number of carbonyl (C=O) groups excluding carboxylic acids is 1. The lowest BCUT2D eigenvalue weighted by Gasteiger charge is -2.61. The Labute approximate surface area is 107 Å². The van der Waals surface area contributed by atoms with Gasteiger partial charge in [-0.3, -0.25) is 4.79 Å². The van der Waals surface area contributed by atoms with Crippen LogP contribution in [0.1, 0.15) is 39.0 Å². The second-order valence-corrected chi connectivity index (χ2v) is 6.33. The minimum atomic E-state index is -0.899. The zero-order chi connectivity index (χ0) is 12.9. The molecular formula is C14H21NO3. The van der Waals surface area contributed by atoms with Crippen molar-refractivity contribution in [2.45, 2.75) is 44.6 Å². The number of amides is 1. The molecule has 4 bridgehead atoms. The van der Waals surface area contributed by atoms with E-state index in [1.54, 1.807) is 4.90 Å². The van der Waals surface area contributed by atoms with Crippen LogP contribution in [0.2, 0.25) is 0 Å². The molecule has 0 unspecified atom stereocenters. The first-order chi connectivity index (χ1) is 8.62. The van der Waals surface area contributed by atoms with Gasteiger partial charge in [0.25, 0.3) is 0 Å². The fourth-order valence-electron chi connectivity index (χ4n) is 5.27. The molecule has 100 valence electrons. The molecule has 0 saturated heterocycles. The topological polar surface area (TPSA) is 57.6 Å². The first-order valence-electron chi connectivity index (χ1n) is 7.08. The number of carbonyl (C=O) groups is 2. The average Bonchev–Trinajstić information content (AvgIpc) is 2.32. The molecule has 4 nitrogen and oxygen atoms in total. The van der Waals surface area contributed by atoms with Gasteiger partial charge in [-0.15, -0.1) is 0 Å². The molecule has 4 aliphatic rings. The van der Waals surface area contributed by atoms with E-state index in [4.69, 9.17) is 0 Å². The summed E-state index contributed by atoms with van der Waals surface area (Å²) in [6.45, 7) is 2.38. The van der Waals surface area contributed by atoms with Crippen LogP contribution in [0.3, 0.4) is 0 Å². The van der Waals surface area contributed by atoms with Crippen molar-refractivity contribution in [2.24, 2.45) is 23.7 Å². The Hall–Kier alpha value is -1.06. The van der Waals surface area contributed by atoms with Gasteiger partial charge < -0.3 is 10.0 Å². The number of nitrogens with zero attached hydrogens (tertiary/aromatic N) is 1. The maximum absolute atomic E-state index is 12.0. The molecule has 1 amide bonds. The smallest absolute Gasteiger partial charge is 0.330 e. The Balaban J connectivity index is 2.04. The lowest BCUT2D eigenvalue weighted by molar-refractivity contribution is -0.185. The van der Waals surface area contributed by atoms with Crippen LogP contribution in [-0.4, -0.2) is 34.5 Å². The van der Waals surface area contributed by atoms with Crippen LogP contribution >= 0.6 is 0 Å². The van der Waals surface area contributed by atoms with Crippen LogP contribution in [0.4, 0.5) is 0 Å². The number of rotatable bonds is 4. The summed E-state index contributed by atoms with van der Waals surface area (Å²) in [6.07, 6.45) is 6.06. The predicted molar refractivity (Wildman–Crippen MR) is 65.9 cm³/mol. The van der Waals surface area contributed by atoms with Crippen molar-refractivity contribution in [3.05, 3.63) is 0 Å². The maximum atomic E-state index is 12.0. The highest BCUT2D eigenvalue weighted by Gasteiger charge is 2.63. The Kier molecular flexibility index (Phi) is 2.65. The van der Waals surface area contributed by atoms with E-state index in [9.17, 15) is 14.7 Å². The van der Waals surface area contributed by atoms with E-state index in [0.717, 1.165) is 32.1 Å². The summed E-state index contributed by atoms with van der Waals surface area (Å²) in [4.78, 5) is 24.9. The van der Waals surface area contributed by atoms with Gasteiger partial charge in [-0.25, -0.2) is 4.79 Å². The van der Waals surface area contributed by atoms with Gasteiger partial charge >= 0.3 is 5.97 Å². The summed E-state index contributed by atoms with van der Waals surface area (Å²) in [7, 11) is 0. The number of likely N-dealkylation sites (N-methyl/N-ethyl adjacent to an activating group) is 1. The van der Waals surface area contributed by atoms with Gasteiger partial charge in [0.05, 0.1) is 0 Å². The Morgan fingerprint density at radius 3 is 2.06 bits per heavy atom. The van der Waals surface area contributed by atoms with Crippen molar-refractivity contribution in [3.63, 3.8) is 0 Å². The van der Waals surface area contributed by atoms with E-state index in [1.807, 2.05) is 6.92 Å². The van der Waals surface area contributed by atoms with E-state index < -0.39 is 11.5 Å². The number of hydrogen-bond acceptors (Lipinski definition) is 2. The highest BCUT2D eigenvalue weighted by molar-refractivity contribution is 5.83. The molecule has 0 spiro atoms. The van der Waals surface area contributed by atoms with E-state index in [1.165, 1.54) is 6.42 Å². The lowest BCUT2D eigenvalue weighted by Crippen LogP contribution is -2.69. The zero-order valence-electron chi connectivity index (χ0n) is 10.8. The van der Waals surface area contributed by atoms with Crippen LogP contribution < -0.4 is 0 Å². The standard InChI is InChI=1S/C14H21NO3/c1-2-15(8-16)14(13(17)18)11-4-9-3-10(6-11)7-12(14)5-9/h8-12H,2-7H2,1H3,(H,17,18). The number of hydrogen-bond donors (Lipinski definition) is 1. The summed E-state index contributed by atoms with van der Waals surface area (Å²) in [5, 5.41) is 9.83. The molecule has 4 aliphatic carbocycles. The summed E-state index contributed by atoms with van der Waals surface area (Å²) in [5.41, 5.74) is -0.899. The third-order valence-corrected chi connectivity index (χ3v) is 5.67. The molecule has 18 heavy (non-hydrogen) atoms. The number of aliphatic carboxylic acids is 1. The van der Waals surface area contributed by atoms with Crippen molar-refractivity contribution < 1.29 is 14.7 Å². The zero-order valence-corrected chi connectivity index (χ0v) is 10.8. The van der Waals surface area contributed by atoms with E-state index in [-0.39, 0.29) is 11.8 Å². The Morgan fingerprint density at radius 1 is 1.22 bits per heavy atom. The first kappa shape index (κ1) is 12.0. The second-order valence-electron chi connectivity index (χ2n) is 6.33. The highest BCUT2D eigenvalue weighted by atomic mass is 16.4. The van der Waals surface area contributed by atoms with Gasteiger partial charge in [-0.1, -0.05) is 0 Å². The number of carboxylic acids is 1. The van der Waals surface area contributed by atoms with Crippen LogP contribution in [0.5, 0.6) is 0 Å². The van der Waals surface area contributed by atoms with Crippen LogP contribution in [0.25, 0.3) is 0 Å². The third-order valence-electron chi connectivity index (χ3n) is 5.67. The Bertz CT molecular complexity index is 351. The first-order valence-corrected chi connectivity index (χ1v) is 7.08. The van der Waals surface area contributed by atoms with Gasteiger partial charge in [0.1, 0.15) is 5.54 Å². The Morgan fingerprint density at radius 2 is 1.72 bits per heavy atom. The molecule has 4 heteroatoms. The van der Waals surface area contributed by atoms with E-state index in [0.29, 0.717) is 18.4 Å². The van der Waals surface area contributed by atoms with E-state index in [2.05, 4.69) is 0 Å². The molecule has 0 aromatic carbocycles. The summed E-state index contributed by atoms with van der Waals surface area (Å²) in [6, 6.07) is 0. The molecule has 0 aliphatic heterocycles. The average molecular weight is 251 g/mol. The van der Waals surface area contributed by atoms with Crippen LogP contribution in [0.15, 0.2) is 0 Å². The molecule has 0 heterocycles. The minimum absolute atomic E-state index is 0.177. The summed E-state index contributed by atoms with van der Waals surface area (Å²) < 4.78 is 0. The molecule has 1 N–H and O–H groups in total. The monoisotopic (exact) mass is 251 g/mol. The van der Waals surface area contributed by atoms with Crippen LogP contribution in [-0.2, 0) is 9.59 Å². The van der Waals surface area contributed by atoms with Crippen molar-refractivity contribution >= 4 is 12.4 Å². The second kappa shape index (κ2) is 3.97. The molecule has 4 fully saturated rings. The van der Waals surface area contributed by atoms with Gasteiger partial charge in [0.15, 0.2) is 0 Å². The largest absolute Gasteiger partial charge is 0.479 e. The lowest BCUT2D eigenvalue weighted by atomic mass is 9.48. The fraction of sp³-hybridized carbons (Fsp3) is 0.857. The molecule has 0 aromatic rings. The van der Waals surface area contributed by atoms with Crippen molar-refractivity contribution in [3.8, 4) is 0 Å². The fourth-order valence-corrected chi connectivity index (χ4v) is 5.27. The van der Waals surface area contributed by atoms with Crippen molar-refractivity contribution in [1.82, 2.24) is 4.90 Å². The van der Waals surface area contributed by atoms with Crippen LogP contribution in [0, 0.1) is 23.7 Å². The maximum Gasteiger partial charge on any atom is 0.330 e. The van der Waals surface area contributed by atoms with Crippen molar-refractivity contribution in [1.29, 1.82) is 0 Å². The van der Waals surface area contributed by atoms with Gasteiger partial charge in [0.2, 0.25) is 6.41 Å². The van der Waals surface area contributed by atoms with Crippen molar-refractivity contribution in [2.75, 3.05) is 6.54 Å².